The summed E-state index contributed by atoms with van der Waals surface area (Å²) >= 11 is 0. The Balaban J connectivity index is 2.32. The minimum Gasteiger partial charge on any atom is -0.494 e. The summed E-state index contributed by atoms with van der Waals surface area (Å²) < 4.78 is 18.4. The van der Waals surface area contributed by atoms with Gasteiger partial charge in [0.05, 0.1) is 24.1 Å². The first-order chi connectivity index (χ1) is 11.4. The first-order valence-corrected chi connectivity index (χ1v) is 6.53. The average Bonchev–Trinajstić information content (AvgIpc) is 2.55. The highest BCUT2D eigenvalue weighted by Crippen LogP contribution is 2.26. The van der Waals surface area contributed by atoms with Gasteiger partial charge in [-0.1, -0.05) is 0 Å². The van der Waals surface area contributed by atoms with Gasteiger partial charge in [-0.05, 0) is 18.2 Å². The minimum absolute atomic E-state index is 0.0947. The van der Waals surface area contributed by atoms with Crippen molar-refractivity contribution in [2.24, 2.45) is 16.7 Å². The number of ether oxygens (including phenoxy) is 1. The monoisotopic (exact) mass is 335 g/mol. The lowest BCUT2D eigenvalue weighted by Gasteiger charge is -2.18. The average molecular weight is 335 g/mol. The number of nitrogens with two attached hydrogens (primary N) is 2. The fraction of sp³-hybridized carbons (Fsp3) is 0.0714. The zero-order valence-electron chi connectivity index (χ0n) is 12.5. The van der Waals surface area contributed by atoms with Crippen molar-refractivity contribution >= 4 is 23.3 Å². The summed E-state index contributed by atoms with van der Waals surface area (Å²) in [5.74, 6) is 2.32. The van der Waals surface area contributed by atoms with Gasteiger partial charge >= 0.3 is 5.97 Å². The van der Waals surface area contributed by atoms with E-state index in [0.717, 1.165) is 17.3 Å². The smallest absolute Gasteiger partial charge is 0.337 e. The van der Waals surface area contributed by atoms with Crippen molar-refractivity contribution in [2.75, 3.05) is 12.4 Å². The predicted molar refractivity (Wildman–Crippen MR) is 83.4 cm³/mol. The Labute approximate surface area is 135 Å². The number of hydrogen-bond acceptors (Lipinski definition) is 7. The van der Waals surface area contributed by atoms with Crippen molar-refractivity contribution in [3.8, 4) is 5.75 Å². The summed E-state index contributed by atoms with van der Waals surface area (Å²) in [4.78, 5) is 23.4. The number of halogens is 1. The van der Waals surface area contributed by atoms with Gasteiger partial charge in [0.15, 0.2) is 17.3 Å². The molecule has 0 aromatic heterocycles. The number of anilines is 1. The molecular weight excluding hydrogens is 321 g/mol. The number of benzene rings is 1. The molecule has 0 fully saturated rings. The number of carboxylic acids is 1. The van der Waals surface area contributed by atoms with Crippen LogP contribution in [0.1, 0.15) is 10.4 Å². The lowest BCUT2D eigenvalue weighted by Crippen LogP contribution is -2.33. The minimum atomic E-state index is -1.42. The summed E-state index contributed by atoms with van der Waals surface area (Å²) in [6, 6.07) is 1.81. The number of hydrogen-bond donors (Lipinski definition) is 4. The number of hydrazine groups is 1. The van der Waals surface area contributed by atoms with Crippen molar-refractivity contribution in [3.05, 3.63) is 47.6 Å². The van der Waals surface area contributed by atoms with Gasteiger partial charge in [-0.3, -0.25) is 4.79 Å². The van der Waals surface area contributed by atoms with Crippen LogP contribution in [0.4, 0.5) is 10.1 Å². The fourth-order valence-electron chi connectivity index (χ4n) is 1.88. The molecule has 0 radical (unpaired) electrons. The number of carbonyl (C=O) groups is 2. The van der Waals surface area contributed by atoms with Gasteiger partial charge in [0.25, 0.3) is 5.91 Å². The summed E-state index contributed by atoms with van der Waals surface area (Å²) in [5, 5.41) is 16.1. The molecule has 24 heavy (non-hydrogen) atoms. The van der Waals surface area contributed by atoms with Crippen molar-refractivity contribution < 1.29 is 23.8 Å². The van der Waals surface area contributed by atoms with Gasteiger partial charge in [0.2, 0.25) is 0 Å². The first-order valence-electron chi connectivity index (χ1n) is 6.53. The number of allylic oxidation sites excluding steroid dienone is 1. The summed E-state index contributed by atoms with van der Waals surface area (Å²) in [6.45, 7) is 0. The third kappa shape index (κ3) is 3.33. The van der Waals surface area contributed by atoms with E-state index in [1.165, 1.54) is 25.5 Å². The molecule has 0 aliphatic carbocycles. The highest BCUT2D eigenvalue weighted by atomic mass is 19.1. The Hall–Kier alpha value is -3.40. The molecule has 1 aliphatic heterocycles. The van der Waals surface area contributed by atoms with Crippen molar-refractivity contribution in [3.63, 3.8) is 0 Å². The largest absolute Gasteiger partial charge is 0.494 e. The maximum atomic E-state index is 13.6. The van der Waals surface area contributed by atoms with E-state index in [-0.39, 0.29) is 17.1 Å². The van der Waals surface area contributed by atoms with E-state index >= 15 is 0 Å². The van der Waals surface area contributed by atoms with Crippen LogP contribution in [0.3, 0.4) is 0 Å². The number of nitrogens with zero attached hydrogens (tertiary/aromatic N) is 2. The van der Waals surface area contributed by atoms with Gasteiger partial charge in [-0.2, -0.15) is 10.2 Å². The zero-order chi connectivity index (χ0) is 17.9. The van der Waals surface area contributed by atoms with E-state index in [2.05, 4.69) is 10.4 Å². The van der Waals surface area contributed by atoms with Crippen molar-refractivity contribution in [1.29, 1.82) is 0 Å². The summed E-state index contributed by atoms with van der Waals surface area (Å²) in [5.41, 5.74) is 5.00. The molecule has 6 N–H and O–H groups in total. The number of nitrogens with one attached hydrogen (secondary N) is 1. The molecule has 0 saturated heterocycles. The highest BCUT2D eigenvalue weighted by Gasteiger charge is 2.21. The summed E-state index contributed by atoms with van der Waals surface area (Å²) in [7, 11) is 1.21. The lowest BCUT2D eigenvalue weighted by atomic mass is 10.1. The quantitative estimate of drug-likeness (QED) is 0.582. The van der Waals surface area contributed by atoms with E-state index < -0.39 is 23.3 Å². The molecule has 1 heterocycles. The highest BCUT2D eigenvalue weighted by molar-refractivity contribution is 6.47. The normalized spacial score (nSPS) is 15.2. The first kappa shape index (κ1) is 17.0. The van der Waals surface area contributed by atoms with Gasteiger partial charge in [0, 0.05) is 12.3 Å². The molecule has 0 spiro atoms. The molecule has 10 heteroatoms. The van der Waals surface area contributed by atoms with E-state index in [9.17, 15) is 14.0 Å². The SMILES string of the molecule is COc1cc(NC(=O)C2=NN(N)/C(=C\N)C=C2)c(C(=O)O)cc1F. The molecule has 2 rings (SSSR count). The van der Waals surface area contributed by atoms with Crippen LogP contribution >= 0.6 is 0 Å². The fourth-order valence-corrected chi connectivity index (χ4v) is 1.88. The van der Waals surface area contributed by atoms with E-state index in [1.54, 1.807) is 0 Å². The number of amides is 1. The Bertz CT molecular complexity index is 788. The third-order valence-electron chi connectivity index (χ3n) is 3.07. The zero-order valence-corrected chi connectivity index (χ0v) is 12.5. The van der Waals surface area contributed by atoms with Gasteiger partial charge in [-0.25, -0.2) is 15.0 Å². The topological polar surface area (TPSA) is 143 Å². The van der Waals surface area contributed by atoms with Crippen LogP contribution in [0.5, 0.6) is 5.75 Å². The van der Waals surface area contributed by atoms with Gasteiger partial charge in [-0.15, -0.1) is 0 Å². The molecule has 9 nitrogen and oxygen atoms in total. The van der Waals surface area contributed by atoms with Crippen LogP contribution in [0.2, 0.25) is 0 Å². The standard InChI is InChI=1S/C14H14FN5O4/c1-24-12-5-11(8(14(22)23)4-9(12)15)18-13(21)10-3-2-7(6-16)20(17)19-10/h2-6H,16-17H2,1H3,(H,18,21)(H,22,23)/b7-6-. The molecule has 1 aliphatic rings. The molecule has 0 unspecified atom stereocenters. The Morgan fingerprint density at radius 1 is 1.42 bits per heavy atom. The Kier molecular flexibility index (Phi) is 4.80. The second kappa shape index (κ2) is 6.79. The van der Waals surface area contributed by atoms with Crippen LogP contribution in [0, 0.1) is 5.82 Å². The molecule has 1 amide bonds. The third-order valence-corrected chi connectivity index (χ3v) is 3.07. The van der Waals surface area contributed by atoms with Crippen LogP contribution in [0.15, 0.2) is 41.3 Å². The Morgan fingerprint density at radius 2 is 2.12 bits per heavy atom. The molecule has 0 bridgehead atoms. The number of methoxy groups -OCH3 is 1. The van der Waals surface area contributed by atoms with E-state index in [1.807, 2.05) is 0 Å². The van der Waals surface area contributed by atoms with Crippen molar-refractivity contribution in [2.45, 2.75) is 0 Å². The Morgan fingerprint density at radius 3 is 2.67 bits per heavy atom. The molecule has 1 aromatic carbocycles. The van der Waals surface area contributed by atoms with Crippen LogP contribution in [-0.2, 0) is 4.79 Å². The van der Waals surface area contributed by atoms with Gasteiger partial charge in [0.1, 0.15) is 0 Å². The van der Waals surface area contributed by atoms with E-state index in [0.29, 0.717) is 5.70 Å². The van der Waals surface area contributed by atoms with Gasteiger partial charge < -0.3 is 20.9 Å². The lowest BCUT2D eigenvalue weighted by molar-refractivity contribution is -0.110. The van der Waals surface area contributed by atoms with Crippen LogP contribution in [0.25, 0.3) is 0 Å². The maximum Gasteiger partial charge on any atom is 0.337 e. The molecule has 126 valence electrons. The summed E-state index contributed by atoms with van der Waals surface area (Å²) in [6.07, 6.45) is 3.99. The molecule has 0 atom stereocenters. The molecular formula is C14H14FN5O4. The number of hydrazone groups is 1. The maximum absolute atomic E-state index is 13.6. The predicted octanol–water partition coefficient (Wildman–Crippen LogP) is 0.373. The van der Waals surface area contributed by atoms with E-state index in [4.69, 9.17) is 21.4 Å². The van der Waals surface area contributed by atoms with Crippen LogP contribution < -0.4 is 21.6 Å². The number of carboxylic acid groups (broad SMARTS) is 1. The second-order valence-corrected chi connectivity index (χ2v) is 4.55. The molecule has 0 saturated carbocycles. The molecule has 1 aromatic rings. The second-order valence-electron chi connectivity index (χ2n) is 4.55. The number of aromatic carboxylic acids is 1. The number of carbonyl (C=O) groups excluding carboxylic acids is 1. The van der Waals surface area contributed by atoms with Crippen LogP contribution in [-0.4, -0.2) is 34.9 Å². The number of rotatable bonds is 4. The van der Waals surface area contributed by atoms with Crippen molar-refractivity contribution in [1.82, 2.24) is 5.12 Å².